The number of para-hydroxylation sites is 1. The molecule has 0 atom stereocenters. The molecule has 45 heavy (non-hydrogen) atoms. The lowest BCUT2D eigenvalue weighted by atomic mass is 9.95. The van der Waals surface area contributed by atoms with Gasteiger partial charge in [-0.1, -0.05) is 146 Å². The van der Waals surface area contributed by atoms with Gasteiger partial charge >= 0.3 is 0 Å². The molecule has 9 aromatic rings. The van der Waals surface area contributed by atoms with Crippen molar-refractivity contribution in [2.75, 3.05) is 0 Å². The highest BCUT2D eigenvalue weighted by atomic mass is 15.2. The van der Waals surface area contributed by atoms with Crippen LogP contribution in [0.3, 0.4) is 0 Å². The summed E-state index contributed by atoms with van der Waals surface area (Å²) in [4.78, 5) is 15.6. The van der Waals surface area contributed by atoms with E-state index in [1.54, 1.807) is 0 Å². The van der Waals surface area contributed by atoms with Crippen molar-refractivity contribution in [2.24, 2.45) is 0 Å². The van der Waals surface area contributed by atoms with Gasteiger partial charge in [0.15, 0.2) is 11.6 Å². The smallest absolute Gasteiger partial charge is 0.238 e. The third kappa shape index (κ3) is 4.11. The molecule has 2 aromatic heterocycles. The molecule has 0 bridgehead atoms. The van der Waals surface area contributed by atoms with Gasteiger partial charge in [0.25, 0.3) is 0 Å². The number of nitrogens with zero attached hydrogens (tertiary/aromatic N) is 4. The van der Waals surface area contributed by atoms with Gasteiger partial charge in [0.1, 0.15) is 0 Å². The van der Waals surface area contributed by atoms with E-state index in [4.69, 9.17) is 15.0 Å². The molecule has 0 amide bonds. The molecule has 4 heteroatoms. The van der Waals surface area contributed by atoms with Crippen LogP contribution in [0.2, 0.25) is 0 Å². The molecule has 0 aliphatic carbocycles. The highest BCUT2D eigenvalue weighted by Crippen LogP contribution is 2.38. The van der Waals surface area contributed by atoms with E-state index in [0.29, 0.717) is 17.6 Å². The van der Waals surface area contributed by atoms with Gasteiger partial charge in [-0.05, 0) is 39.4 Å². The summed E-state index contributed by atoms with van der Waals surface area (Å²) >= 11 is 0. The van der Waals surface area contributed by atoms with Gasteiger partial charge in [-0.2, -0.15) is 9.97 Å². The van der Waals surface area contributed by atoms with E-state index in [9.17, 15) is 0 Å². The molecule has 0 N–H and O–H groups in total. The number of rotatable bonds is 4. The van der Waals surface area contributed by atoms with Crippen LogP contribution in [0.5, 0.6) is 0 Å². The molecule has 9 rings (SSSR count). The Morgan fingerprint density at radius 1 is 0.356 bits per heavy atom. The Labute approximate surface area is 259 Å². The first kappa shape index (κ1) is 25.4. The van der Waals surface area contributed by atoms with Crippen molar-refractivity contribution in [1.29, 1.82) is 0 Å². The fraction of sp³-hybridized carbons (Fsp3) is 0. The van der Waals surface area contributed by atoms with Crippen LogP contribution >= 0.6 is 0 Å². The number of fused-ring (bicyclic) bond motifs is 6. The Bertz CT molecular complexity index is 2530. The van der Waals surface area contributed by atoms with Gasteiger partial charge in [0.2, 0.25) is 5.95 Å². The summed E-state index contributed by atoms with van der Waals surface area (Å²) in [6.07, 6.45) is 0. The Balaban J connectivity index is 1.38. The molecule has 210 valence electrons. The topological polar surface area (TPSA) is 43.6 Å². The largest absolute Gasteiger partial charge is 0.277 e. The van der Waals surface area contributed by atoms with Crippen molar-refractivity contribution >= 4 is 43.4 Å². The lowest BCUT2D eigenvalue weighted by Crippen LogP contribution is -2.07. The molecule has 0 spiro atoms. The zero-order chi connectivity index (χ0) is 29.7. The Hall–Kier alpha value is -6.13. The molecule has 0 saturated carbocycles. The van der Waals surface area contributed by atoms with E-state index in [0.717, 1.165) is 38.3 Å². The maximum atomic E-state index is 5.27. The molecule has 4 nitrogen and oxygen atoms in total. The second-order valence-corrected chi connectivity index (χ2v) is 11.3. The zero-order valence-corrected chi connectivity index (χ0v) is 24.3. The summed E-state index contributed by atoms with van der Waals surface area (Å²) in [5.41, 5.74) is 6.43. The third-order valence-corrected chi connectivity index (χ3v) is 8.66. The maximum Gasteiger partial charge on any atom is 0.238 e. The number of benzene rings is 7. The summed E-state index contributed by atoms with van der Waals surface area (Å²) in [6.45, 7) is 0. The first-order valence-corrected chi connectivity index (χ1v) is 15.1. The van der Waals surface area contributed by atoms with Crippen molar-refractivity contribution in [3.05, 3.63) is 158 Å². The van der Waals surface area contributed by atoms with Crippen molar-refractivity contribution in [1.82, 2.24) is 19.5 Å². The number of aromatic nitrogens is 4. The van der Waals surface area contributed by atoms with E-state index in [1.807, 2.05) is 18.2 Å². The highest BCUT2D eigenvalue weighted by molar-refractivity contribution is 6.18. The predicted molar refractivity (Wildman–Crippen MR) is 185 cm³/mol. The van der Waals surface area contributed by atoms with Crippen molar-refractivity contribution in [3.8, 4) is 39.9 Å². The minimum absolute atomic E-state index is 0.595. The van der Waals surface area contributed by atoms with E-state index < -0.39 is 0 Å². The molecule has 0 saturated heterocycles. The van der Waals surface area contributed by atoms with Crippen LogP contribution in [0.25, 0.3) is 83.2 Å². The van der Waals surface area contributed by atoms with E-state index in [1.165, 1.54) is 27.3 Å². The second kappa shape index (κ2) is 10.2. The third-order valence-electron chi connectivity index (χ3n) is 8.66. The van der Waals surface area contributed by atoms with Crippen LogP contribution in [-0.2, 0) is 0 Å². The average Bonchev–Trinajstić information content (AvgIpc) is 3.47. The van der Waals surface area contributed by atoms with Crippen LogP contribution in [0.15, 0.2) is 158 Å². The molecule has 0 radical (unpaired) electrons. The summed E-state index contributed by atoms with van der Waals surface area (Å²) in [5, 5.41) is 6.93. The monoisotopic (exact) mass is 574 g/mol. The second-order valence-electron chi connectivity index (χ2n) is 11.3. The number of hydrogen-bond donors (Lipinski definition) is 0. The summed E-state index contributed by atoms with van der Waals surface area (Å²) in [6, 6.07) is 55.0. The van der Waals surface area contributed by atoms with Gasteiger partial charge in [-0.15, -0.1) is 0 Å². The SMILES string of the molecule is c1ccc(-c2nc(-c3ccc(-c4ccccc4)c4ccccc34)nc(-n3c4ccccc4c4ccc5ccccc5c43)n2)cc1. The van der Waals surface area contributed by atoms with Gasteiger partial charge in [-0.3, -0.25) is 4.57 Å². The van der Waals surface area contributed by atoms with Crippen LogP contribution in [0.1, 0.15) is 0 Å². The quantitative estimate of drug-likeness (QED) is 0.210. The molecule has 0 aliphatic heterocycles. The molecular formula is C41H26N4. The average molecular weight is 575 g/mol. The Kier molecular flexibility index (Phi) is 5.78. The molecule has 0 aliphatic rings. The molecule has 2 heterocycles. The summed E-state index contributed by atoms with van der Waals surface area (Å²) in [5.74, 6) is 1.87. The number of hydrogen-bond acceptors (Lipinski definition) is 3. The highest BCUT2D eigenvalue weighted by Gasteiger charge is 2.20. The molecule has 7 aromatic carbocycles. The lowest BCUT2D eigenvalue weighted by molar-refractivity contribution is 0.956. The first-order chi connectivity index (χ1) is 22.3. The fourth-order valence-corrected chi connectivity index (χ4v) is 6.60. The van der Waals surface area contributed by atoms with Gasteiger partial charge in [0.05, 0.1) is 11.0 Å². The fourth-order valence-electron chi connectivity index (χ4n) is 6.60. The minimum atomic E-state index is 0.595. The zero-order valence-electron chi connectivity index (χ0n) is 24.3. The van der Waals surface area contributed by atoms with E-state index in [2.05, 4.69) is 144 Å². The van der Waals surface area contributed by atoms with Gasteiger partial charge in [-0.25, -0.2) is 4.98 Å². The van der Waals surface area contributed by atoms with Gasteiger partial charge in [0, 0.05) is 27.3 Å². The molecule has 0 fully saturated rings. The standard InChI is InChI=1S/C41H26N4/c1-3-13-27(14-4-1)30-25-26-36(33-20-10-9-19-32(30)33)40-42-39(29-16-5-2-6-17-29)43-41(44-40)45-37-22-12-11-21-34(37)35-24-23-28-15-7-8-18-31(28)38(35)45/h1-26H. The van der Waals surface area contributed by atoms with E-state index >= 15 is 0 Å². The lowest BCUT2D eigenvalue weighted by Gasteiger charge is -2.14. The van der Waals surface area contributed by atoms with Crippen molar-refractivity contribution in [3.63, 3.8) is 0 Å². The normalized spacial score (nSPS) is 11.6. The van der Waals surface area contributed by atoms with E-state index in [-0.39, 0.29) is 0 Å². The molecular weight excluding hydrogens is 548 g/mol. The minimum Gasteiger partial charge on any atom is -0.277 e. The molecule has 0 unspecified atom stereocenters. The van der Waals surface area contributed by atoms with Gasteiger partial charge < -0.3 is 0 Å². The van der Waals surface area contributed by atoms with Crippen LogP contribution in [-0.4, -0.2) is 19.5 Å². The van der Waals surface area contributed by atoms with Crippen molar-refractivity contribution in [2.45, 2.75) is 0 Å². The Morgan fingerprint density at radius 2 is 0.933 bits per heavy atom. The van der Waals surface area contributed by atoms with Crippen LogP contribution in [0, 0.1) is 0 Å². The van der Waals surface area contributed by atoms with Crippen LogP contribution in [0.4, 0.5) is 0 Å². The van der Waals surface area contributed by atoms with Crippen molar-refractivity contribution < 1.29 is 0 Å². The summed E-state index contributed by atoms with van der Waals surface area (Å²) in [7, 11) is 0. The first-order valence-electron chi connectivity index (χ1n) is 15.1. The maximum absolute atomic E-state index is 5.27. The predicted octanol–water partition coefficient (Wildman–Crippen LogP) is 10.3. The van der Waals surface area contributed by atoms with Crippen LogP contribution < -0.4 is 0 Å². The summed E-state index contributed by atoms with van der Waals surface area (Å²) < 4.78 is 2.21. The Morgan fingerprint density at radius 3 is 1.71 bits per heavy atom.